The van der Waals surface area contributed by atoms with Crippen molar-refractivity contribution >= 4 is 5.97 Å². The number of benzene rings is 1. The Morgan fingerprint density at radius 3 is 2.47 bits per heavy atom. The molecule has 106 valence electrons. The summed E-state index contributed by atoms with van der Waals surface area (Å²) in [6.07, 6.45) is 1.17. The number of hydrogen-bond acceptors (Lipinski definition) is 4. The molecule has 0 fully saturated rings. The SMILES string of the molecule is CNC(CC(=O)OC)Cc1cc(C)c(OC)cc1C. The van der Waals surface area contributed by atoms with Crippen LogP contribution in [-0.4, -0.2) is 33.3 Å². The highest BCUT2D eigenvalue weighted by molar-refractivity contribution is 5.70. The van der Waals surface area contributed by atoms with Crippen molar-refractivity contribution in [1.29, 1.82) is 0 Å². The summed E-state index contributed by atoms with van der Waals surface area (Å²) in [5.41, 5.74) is 3.50. The van der Waals surface area contributed by atoms with Gasteiger partial charge in [-0.05, 0) is 50.1 Å². The fourth-order valence-electron chi connectivity index (χ4n) is 2.12. The van der Waals surface area contributed by atoms with Crippen molar-refractivity contribution in [2.45, 2.75) is 32.7 Å². The second-order valence-electron chi connectivity index (χ2n) is 4.72. The number of methoxy groups -OCH3 is 2. The number of aryl methyl sites for hydroxylation is 2. The van der Waals surface area contributed by atoms with Gasteiger partial charge in [0.15, 0.2) is 0 Å². The number of nitrogens with one attached hydrogen (secondary N) is 1. The Balaban J connectivity index is 2.85. The molecule has 0 bridgehead atoms. The van der Waals surface area contributed by atoms with Crippen LogP contribution in [0.2, 0.25) is 0 Å². The van der Waals surface area contributed by atoms with Crippen molar-refractivity contribution in [2.24, 2.45) is 0 Å². The standard InChI is InChI=1S/C15H23NO3/c1-10-7-14(18-4)11(2)6-12(10)8-13(16-3)9-15(17)19-5/h6-7,13,16H,8-9H2,1-5H3. The van der Waals surface area contributed by atoms with E-state index in [1.165, 1.54) is 18.2 Å². The number of rotatable bonds is 6. The first-order chi connectivity index (χ1) is 9.01. The molecule has 0 aliphatic rings. The van der Waals surface area contributed by atoms with Gasteiger partial charge in [0.05, 0.1) is 20.6 Å². The summed E-state index contributed by atoms with van der Waals surface area (Å²) in [5.74, 6) is 0.706. The van der Waals surface area contributed by atoms with Gasteiger partial charge in [0.25, 0.3) is 0 Å². The molecular weight excluding hydrogens is 242 g/mol. The average Bonchev–Trinajstić information content (AvgIpc) is 2.41. The summed E-state index contributed by atoms with van der Waals surface area (Å²) in [6.45, 7) is 4.08. The largest absolute Gasteiger partial charge is 0.496 e. The van der Waals surface area contributed by atoms with E-state index in [4.69, 9.17) is 9.47 Å². The van der Waals surface area contributed by atoms with E-state index >= 15 is 0 Å². The van der Waals surface area contributed by atoms with Crippen LogP contribution >= 0.6 is 0 Å². The zero-order chi connectivity index (χ0) is 14.4. The molecule has 0 aliphatic carbocycles. The predicted molar refractivity (Wildman–Crippen MR) is 75.7 cm³/mol. The van der Waals surface area contributed by atoms with Crippen LogP contribution < -0.4 is 10.1 Å². The molecule has 19 heavy (non-hydrogen) atoms. The smallest absolute Gasteiger partial charge is 0.307 e. The van der Waals surface area contributed by atoms with Gasteiger partial charge in [-0.15, -0.1) is 0 Å². The summed E-state index contributed by atoms with van der Waals surface area (Å²) in [7, 11) is 4.95. The summed E-state index contributed by atoms with van der Waals surface area (Å²) in [6, 6.07) is 4.24. The monoisotopic (exact) mass is 265 g/mol. The Morgan fingerprint density at radius 2 is 1.95 bits per heavy atom. The summed E-state index contributed by atoms with van der Waals surface area (Å²) < 4.78 is 10.0. The Bertz CT molecular complexity index is 443. The van der Waals surface area contributed by atoms with Crippen LogP contribution in [0.1, 0.15) is 23.1 Å². The number of carbonyl (C=O) groups is 1. The summed E-state index contributed by atoms with van der Waals surface area (Å²) in [5, 5.41) is 3.16. The van der Waals surface area contributed by atoms with Crippen molar-refractivity contribution in [3.63, 3.8) is 0 Å². The molecule has 1 aromatic carbocycles. The Morgan fingerprint density at radius 1 is 1.26 bits per heavy atom. The Kier molecular flexibility index (Phi) is 5.83. The normalized spacial score (nSPS) is 12.1. The molecule has 0 amide bonds. The molecule has 0 saturated carbocycles. The molecular formula is C15H23NO3. The topological polar surface area (TPSA) is 47.6 Å². The zero-order valence-corrected chi connectivity index (χ0v) is 12.4. The molecule has 4 heteroatoms. The third kappa shape index (κ3) is 4.24. The van der Waals surface area contributed by atoms with Crippen LogP contribution in [0.25, 0.3) is 0 Å². The van der Waals surface area contributed by atoms with Crippen LogP contribution in [0, 0.1) is 13.8 Å². The van der Waals surface area contributed by atoms with Gasteiger partial charge in [0.2, 0.25) is 0 Å². The maximum atomic E-state index is 11.3. The second kappa shape index (κ2) is 7.14. The van der Waals surface area contributed by atoms with Crippen LogP contribution in [0.5, 0.6) is 5.75 Å². The molecule has 0 spiro atoms. The average molecular weight is 265 g/mol. The Hall–Kier alpha value is -1.55. The van der Waals surface area contributed by atoms with E-state index in [-0.39, 0.29) is 12.0 Å². The minimum Gasteiger partial charge on any atom is -0.496 e. The maximum absolute atomic E-state index is 11.3. The van der Waals surface area contributed by atoms with Crippen molar-refractivity contribution in [2.75, 3.05) is 21.3 Å². The van der Waals surface area contributed by atoms with Crippen LogP contribution in [0.4, 0.5) is 0 Å². The molecule has 0 aliphatic heterocycles. The molecule has 1 unspecified atom stereocenters. The van der Waals surface area contributed by atoms with Crippen LogP contribution in [-0.2, 0) is 16.0 Å². The van der Waals surface area contributed by atoms with E-state index in [0.29, 0.717) is 6.42 Å². The van der Waals surface area contributed by atoms with Gasteiger partial charge in [-0.25, -0.2) is 0 Å². The molecule has 0 aromatic heterocycles. The van der Waals surface area contributed by atoms with E-state index in [0.717, 1.165) is 17.7 Å². The highest BCUT2D eigenvalue weighted by Gasteiger charge is 2.15. The van der Waals surface area contributed by atoms with Gasteiger partial charge < -0.3 is 14.8 Å². The number of carbonyl (C=O) groups excluding carboxylic acids is 1. The molecule has 1 rings (SSSR count). The fraction of sp³-hybridized carbons (Fsp3) is 0.533. The summed E-state index contributed by atoms with van der Waals surface area (Å²) >= 11 is 0. The molecule has 4 nitrogen and oxygen atoms in total. The maximum Gasteiger partial charge on any atom is 0.307 e. The number of esters is 1. The molecule has 1 N–H and O–H groups in total. The second-order valence-corrected chi connectivity index (χ2v) is 4.72. The molecule has 0 radical (unpaired) electrons. The van der Waals surface area contributed by atoms with E-state index in [9.17, 15) is 4.79 Å². The quantitative estimate of drug-likeness (QED) is 0.799. The molecule has 0 heterocycles. The van der Waals surface area contributed by atoms with E-state index < -0.39 is 0 Å². The van der Waals surface area contributed by atoms with Gasteiger partial charge in [0, 0.05) is 6.04 Å². The highest BCUT2D eigenvalue weighted by Crippen LogP contribution is 2.23. The van der Waals surface area contributed by atoms with Crippen LogP contribution in [0.3, 0.4) is 0 Å². The first kappa shape index (κ1) is 15.5. The lowest BCUT2D eigenvalue weighted by Crippen LogP contribution is -2.31. The van der Waals surface area contributed by atoms with Crippen LogP contribution in [0.15, 0.2) is 12.1 Å². The Labute approximate surface area is 115 Å². The van der Waals surface area contributed by atoms with Gasteiger partial charge in [-0.2, -0.15) is 0 Å². The lowest BCUT2D eigenvalue weighted by molar-refractivity contribution is -0.141. The zero-order valence-electron chi connectivity index (χ0n) is 12.4. The van der Waals surface area contributed by atoms with Crippen molar-refractivity contribution in [3.05, 3.63) is 28.8 Å². The number of likely N-dealkylation sites (N-methyl/N-ethyl adjacent to an activating group) is 1. The summed E-state index contributed by atoms with van der Waals surface area (Å²) in [4.78, 5) is 11.3. The fourth-order valence-corrected chi connectivity index (χ4v) is 2.12. The highest BCUT2D eigenvalue weighted by atomic mass is 16.5. The lowest BCUT2D eigenvalue weighted by atomic mass is 9.97. The predicted octanol–water partition coefficient (Wildman–Crippen LogP) is 2.01. The van der Waals surface area contributed by atoms with Gasteiger partial charge in [-0.3, -0.25) is 4.79 Å². The van der Waals surface area contributed by atoms with Crippen molar-refractivity contribution in [3.8, 4) is 5.75 Å². The molecule has 1 atom stereocenters. The molecule has 1 aromatic rings. The van der Waals surface area contributed by atoms with Gasteiger partial charge >= 0.3 is 5.97 Å². The third-order valence-corrected chi connectivity index (χ3v) is 3.37. The minimum atomic E-state index is -0.192. The number of hydrogen-bond donors (Lipinski definition) is 1. The first-order valence-electron chi connectivity index (χ1n) is 6.40. The van der Waals surface area contributed by atoms with Gasteiger partial charge in [0.1, 0.15) is 5.75 Å². The first-order valence-corrected chi connectivity index (χ1v) is 6.40. The third-order valence-electron chi connectivity index (χ3n) is 3.37. The number of ether oxygens (including phenoxy) is 2. The van der Waals surface area contributed by atoms with E-state index in [1.807, 2.05) is 20.0 Å². The van der Waals surface area contributed by atoms with Crippen molar-refractivity contribution in [1.82, 2.24) is 5.32 Å². The molecule has 0 saturated heterocycles. The van der Waals surface area contributed by atoms with Gasteiger partial charge in [-0.1, -0.05) is 6.07 Å². The van der Waals surface area contributed by atoms with E-state index in [1.54, 1.807) is 7.11 Å². The van der Waals surface area contributed by atoms with E-state index in [2.05, 4.69) is 18.3 Å². The lowest BCUT2D eigenvalue weighted by Gasteiger charge is -2.18. The van der Waals surface area contributed by atoms with Crippen molar-refractivity contribution < 1.29 is 14.3 Å². The minimum absolute atomic E-state index is 0.0824.